The SMILES string of the molecule is CN(CCC(N)c1ccc(F)cn1)CC1(O)CCOCC1. The molecule has 1 aromatic rings. The number of hydrogen-bond acceptors (Lipinski definition) is 5. The van der Waals surface area contributed by atoms with Crippen LogP contribution in [0.15, 0.2) is 18.3 Å². The van der Waals surface area contributed by atoms with Crippen molar-refractivity contribution in [2.75, 3.05) is 33.4 Å². The van der Waals surface area contributed by atoms with Crippen LogP contribution in [0, 0.1) is 5.82 Å². The van der Waals surface area contributed by atoms with Crippen molar-refractivity contribution in [3.63, 3.8) is 0 Å². The number of halogens is 1. The van der Waals surface area contributed by atoms with Gasteiger partial charge in [-0.2, -0.15) is 0 Å². The van der Waals surface area contributed by atoms with E-state index in [0.717, 1.165) is 6.54 Å². The van der Waals surface area contributed by atoms with Crippen molar-refractivity contribution < 1.29 is 14.2 Å². The minimum atomic E-state index is -0.661. The van der Waals surface area contributed by atoms with E-state index in [4.69, 9.17) is 10.5 Å². The van der Waals surface area contributed by atoms with Gasteiger partial charge in [-0.15, -0.1) is 0 Å². The van der Waals surface area contributed by atoms with Crippen LogP contribution in [0.5, 0.6) is 0 Å². The number of nitrogens with zero attached hydrogens (tertiary/aromatic N) is 2. The standard InChI is InChI=1S/C15H24FN3O2/c1-19(11-15(20)5-8-21-9-6-15)7-4-13(17)14-3-2-12(16)10-18-14/h2-3,10,13,20H,4-9,11,17H2,1H3. The minimum absolute atomic E-state index is 0.225. The Balaban J connectivity index is 1.77. The van der Waals surface area contributed by atoms with E-state index in [1.807, 2.05) is 7.05 Å². The smallest absolute Gasteiger partial charge is 0.141 e. The van der Waals surface area contributed by atoms with E-state index in [1.165, 1.54) is 12.3 Å². The Morgan fingerprint density at radius 2 is 2.19 bits per heavy atom. The van der Waals surface area contributed by atoms with Gasteiger partial charge in [0.05, 0.1) is 17.5 Å². The van der Waals surface area contributed by atoms with Crippen molar-refractivity contribution in [2.24, 2.45) is 5.73 Å². The Bertz CT molecular complexity index is 435. The molecular formula is C15H24FN3O2. The highest BCUT2D eigenvalue weighted by molar-refractivity contribution is 5.09. The summed E-state index contributed by atoms with van der Waals surface area (Å²) in [5.41, 5.74) is 6.09. The van der Waals surface area contributed by atoms with Gasteiger partial charge in [-0.1, -0.05) is 0 Å². The topological polar surface area (TPSA) is 71.6 Å². The third-order valence-corrected chi connectivity index (χ3v) is 3.94. The van der Waals surface area contributed by atoms with E-state index in [1.54, 1.807) is 6.07 Å². The summed E-state index contributed by atoms with van der Waals surface area (Å²) in [6.07, 6.45) is 3.23. The number of hydrogen-bond donors (Lipinski definition) is 2. The average molecular weight is 297 g/mol. The third kappa shape index (κ3) is 5.00. The fraction of sp³-hybridized carbons (Fsp3) is 0.667. The number of likely N-dealkylation sites (N-methyl/N-ethyl adjacent to an activating group) is 1. The highest BCUT2D eigenvalue weighted by Gasteiger charge is 2.30. The molecule has 1 aliphatic rings. The van der Waals surface area contributed by atoms with Crippen molar-refractivity contribution >= 4 is 0 Å². The second kappa shape index (κ2) is 7.26. The van der Waals surface area contributed by atoms with Crippen molar-refractivity contribution in [2.45, 2.75) is 30.9 Å². The van der Waals surface area contributed by atoms with Gasteiger partial charge in [-0.3, -0.25) is 4.98 Å². The normalized spacial score (nSPS) is 19.7. The number of ether oxygens (including phenoxy) is 1. The molecule has 1 atom stereocenters. The van der Waals surface area contributed by atoms with Gasteiger partial charge in [0.1, 0.15) is 5.82 Å². The van der Waals surface area contributed by atoms with Crippen LogP contribution in [0.3, 0.4) is 0 Å². The van der Waals surface area contributed by atoms with Crippen LogP contribution < -0.4 is 5.73 Å². The van der Waals surface area contributed by atoms with Gasteiger partial charge in [-0.05, 0) is 32.1 Å². The van der Waals surface area contributed by atoms with Gasteiger partial charge in [0.25, 0.3) is 0 Å². The Hall–Kier alpha value is -1.08. The van der Waals surface area contributed by atoms with Gasteiger partial charge in [-0.25, -0.2) is 4.39 Å². The Morgan fingerprint density at radius 1 is 1.48 bits per heavy atom. The number of aliphatic hydroxyl groups is 1. The predicted octanol–water partition coefficient (Wildman–Crippen LogP) is 1.08. The Labute approximate surface area is 124 Å². The molecule has 0 radical (unpaired) electrons. The van der Waals surface area contributed by atoms with E-state index < -0.39 is 5.60 Å². The van der Waals surface area contributed by atoms with Crippen molar-refractivity contribution in [3.05, 3.63) is 29.8 Å². The molecule has 1 saturated heterocycles. The van der Waals surface area contributed by atoms with Crippen LogP contribution in [-0.2, 0) is 4.74 Å². The van der Waals surface area contributed by atoms with Crippen molar-refractivity contribution in [1.29, 1.82) is 0 Å². The lowest BCUT2D eigenvalue weighted by Gasteiger charge is -2.35. The molecule has 1 fully saturated rings. The summed E-state index contributed by atoms with van der Waals surface area (Å²) in [5.74, 6) is -0.357. The molecule has 0 bridgehead atoms. The minimum Gasteiger partial charge on any atom is -0.388 e. The Morgan fingerprint density at radius 3 is 2.81 bits per heavy atom. The maximum absolute atomic E-state index is 12.8. The molecule has 0 saturated carbocycles. The van der Waals surface area contributed by atoms with Crippen LogP contribution in [0.4, 0.5) is 4.39 Å². The van der Waals surface area contributed by atoms with E-state index >= 15 is 0 Å². The first kappa shape index (κ1) is 16.3. The lowest BCUT2D eigenvalue weighted by molar-refractivity contribution is -0.0770. The van der Waals surface area contributed by atoms with E-state index in [0.29, 0.717) is 44.7 Å². The molecule has 1 aromatic heterocycles. The summed E-state index contributed by atoms with van der Waals surface area (Å²) < 4.78 is 18.1. The molecule has 0 aromatic carbocycles. The van der Waals surface area contributed by atoms with E-state index in [2.05, 4.69) is 9.88 Å². The third-order valence-electron chi connectivity index (χ3n) is 3.94. The molecule has 5 nitrogen and oxygen atoms in total. The van der Waals surface area contributed by atoms with Crippen LogP contribution in [0.1, 0.15) is 31.0 Å². The average Bonchev–Trinajstić information content (AvgIpc) is 2.46. The maximum atomic E-state index is 12.8. The molecule has 0 spiro atoms. The van der Waals surface area contributed by atoms with Gasteiger partial charge >= 0.3 is 0 Å². The number of rotatable bonds is 6. The molecule has 118 valence electrons. The highest BCUT2D eigenvalue weighted by atomic mass is 19.1. The van der Waals surface area contributed by atoms with Crippen LogP contribution in [0.2, 0.25) is 0 Å². The molecule has 2 rings (SSSR count). The summed E-state index contributed by atoms with van der Waals surface area (Å²) >= 11 is 0. The van der Waals surface area contributed by atoms with E-state index in [-0.39, 0.29) is 11.9 Å². The van der Waals surface area contributed by atoms with Gasteiger partial charge < -0.3 is 20.5 Å². The summed E-state index contributed by atoms with van der Waals surface area (Å²) in [7, 11) is 1.97. The van der Waals surface area contributed by atoms with Gasteiger partial charge in [0, 0.05) is 38.6 Å². The first-order valence-electron chi connectivity index (χ1n) is 7.34. The molecule has 21 heavy (non-hydrogen) atoms. The molecule has 6 heteroatoms. The molecule has 0 aliphatic carbocycles. The fourth-order valence-electron chi connectivity index (χ4n) is 2.60. The summed E-state index contributed by atoms with van der Waals surface area (Å²) in [6, 6.07) is 2.76. The molecule has 3 N–H and O–H groups in total. The monoisotopic (exact) mass is 297 g/mol. The fourth-order valence-corrected chi connectivity index (χ4v) is 2.60. The van der Waals surface area contributed by atoms with Gasteiger partial charge in [0.2, 0.25) is 0 Å². The maximum Gasteiger partial charge on any atom is 0.141 e. The molecule has 1 aliphatic heterocycles. The van der Waals surface area contributed by atoms with E-state index in [9.17, 15) is 9.50 Å². The first-order valence-corrected chi connectivity index (χ1v) is 7.34. The molecule has 0 amide bonds. The number of aromatic nitrogens is 1. The van der Waals surface area contributed by atoms with Gasteiger partial charge in [0.15, 0.2) is 0 Å². The van der Waals surface area contributed by atoms with Crippen molar-refractivity contribution in [1.82, 2.24) is 9.88 Å². The largest absolute Gasteiger partial charge is 0.388 e. The summed E-state index contributed by atoms with van der Waals surface area (Å²) in [5, 5.41) is 10.4. The lowest BCUT2D eigenvalue weighted by atomic mass is 9.94. The lowest BCUT2D eigenvalue weighted by Crippen LogP contribution is -2.46. The summed E-state index contributed by atoms with van der Waals surface area (Å²) in [6.45, 7) is 2.59. The zero-order valence-corrected chi connectivity index (χ0v) is 12.5. The second-order valence-corrected chi connectivity index (χ2v) is 5.87. The number of nitrogens with two attached hydrogens (primary N) is 1. The van der Waals surface area contributed by atoms with Crippen molar-refractivity contribution in [3.8, 4) is 0 Å². The first-order chi connectivity index (χ1) is 9.98. The Kier molecular flexibility index (Phi) is 5.64. The van der Waals surface area contributed by atoms with Crippen LogP contribution >= 0.6 is 0 Å². The summed E-state index contributed by atoms with van der Waals surface area (Å²) in [4.78, 5) is 6.08. The molecular weight excluding hydrogens is 273 g/mol. The van der Waals surface area contributed by atoms with Crippen LogP contribution in [-0.4, -0.2) is 53.9 Å². The molecule has 2 heterocycles. The highest BCUT2D eigenvalue weighted by Crippen LogP contribution is 2.21. The quantitative estimate of drug-likeness (QED) is 0.822. The zero-order valence-electron chi connectivity index (χ0n) is 12.5. The number of pyridine rings is 1. The molecule has 1 unspecified atom stereocenters. The predicted molar refractivity (Wildman–Crippen MR) is 78.2 cm³/mol. The zero-order chi connectivity index (χ0) is 15.3. The second-order valence-electron chi connectivity index (χ2n) is 5.87. The van der Waals surface area contributed by atoms with Crippen LogP contribution in [0.25, 0.3) is 0 Å².